The number of nitrogens with zero attached hydrogens (tertiary/aromatic N) is 5. The number of fused-ring (bicyclic) bond motifs is 12. The van der Waals surface area contributed by atoms with Gasteiger partial charge in [0.25, 0.3) is 0 Å². The van der Waals surface area contributed by atoms with Gasteiger partial charge in [0.1, 0.15) is 0 Å². The largest absolute Gasteiger partial charge is 0.309 e. The summed E-state index contributed by atoms with van der Waals surface area (Å²) < 4.78 is 7.09. The SMILES string of the molecule is c1ccc(-n2c3ccccc3c3c(-c4nc(-n5c6ccccc6c6c5c5cccc7c8ccccc8c6n75)nc5ccccc45)cccc32)cc1. The van der Waals surface area contributed by atoms with Crippen molar-refractivity contribution < 1.29 is 0 Å². The Morgan fingerprint density at radius 3 is 1.76 bits per heavy atom. The van der Waals surface area contributed by atoms with Crippen molar-refractivity contribution in [1.82, 2.24) is 23.5 Å². The van der Waals surface area contributed by atoms with E-state index in [1.54, 1.807) is 0 Å². The first-order valence-corrected chi connectivity index (χ1v) is 17.4. The van der Waals surface area contributed by atoms with Gasteiger partial charge < -0.3 is 8.97 Å². The third-order valence-corrected chi connectivity index (χ3v) is 10.8. The van der Waals surface area contributed by atoms with Gasteiger partial charge in [0, 0.05) is 49.0 Å². The molecule has 0 saturated carbocycles. The zero-order chi connectivity index (χ0) is 33.2. The maximum atomic E-state index is 5.59. The van der Waals surface area contributed by atoms with E-state index in [4.69, 9.17) is 9.97 Å². The van der Waals surface area contributed by atoms with Crippen LogP contribution in [0.2, 0.25) is 0 Å². The summed E-state index contributed by atoms with van der Waals surface area (Å²) in [5.74, 6) is 0.664. The summed E-state index contributed by atoms with van der Waals surface area (Å²) in [4.78, 5) is 10.9. The first kappa shape index (κ1) is 26.9. The van der Waals surface area contributed by atoms with Gasteiger partial charge in [0.15, 0.2) is 0 Å². The number of hydrogen-bond donors (Lipinski definition) is 0. The summed E-state index contributed by atoms with van der Waals surface area (Å²) >= 11 is 0. The minimum Gasteiger partial charge on any atom is -0.309 e. The highest BCUT2D eigenvalue weighted by Gasteiger charge is 2.26. The standard InChI is InChI=1S/C46H27N5/c1-2-14-28(15-3-1)49-37-23-10-7-19-32(37)41-34(21-12-26-39(41)49)43-31-18-6-9-22-35(31)47-46(48-43)51-38-24-11-8-20-33(38)42-44-30-17-5-4-16-29(30)36-25-13-27-40(45(42)51)50(36)44/h1-27H. The number of para-hydroxylation sites is 4. The van der Waals surface area contributed by atoms with Gasteiger partial charge in [-0.15, -0.1) is 0 Å². The van der Waals surface area contributed by atoms with E-state index in [9.17, 15) is 0 Å². The van der Waals surface area contributed by atoms with E-state index in [0.717, 1.165) is 49.9 Å². The fourth-order valence-corrected chi connectivity index (χ4v) is 8.80. The van der Waals surface area contributed by atoms with Crippen molar-refractivity contribution in [2.45, 2.75) is 0 Å². The average Bonchev–Trinajstić information content (AvgIpc) is 3.92. The number of aromatic nitrogens is 5. The Hall–Kier alpha value is -6.98. The van der Waals surface area contributed by atoms with Gasteiger partial charge >= 0.3 is 0 Å². The molecule has 0 aliphatic heterocycles. The second kappa shape index (κ2) is 9.80. The van der Waals surface area contributed by atoms with Crippen molar-refractivity contribution in [3.63, 3.8) is 0 Å². The quantitative estimate of drug-likeness (QED) is 0.191. The van der Waals surface area contributed by atoms with Crippen molar-refractivity contribution in [3.05, 3.63) is 164 Å². The highest BCUT2D eigenvalue weighted by Crippen LogP contribution is 2.45. The minimum absolute atomic E-state index is 0.664. The predicted molar refractivity (Wildman–Crippen MR) is 211 cm³/mol. The van der Waals surface area contributed by atoms with Crippen LogP contribution < -0.4 is 0 Å². The number of rotatable bonds is 3. The van der Waals surface area contributed by atoms with Gasteiger partial charge in [-0.2, -0.15) is 0 Å². The van der Waals surface area contributed by atoms with Gasteiger partial charge in [-0.05, 0) is 48.5 Å². The van der Waals surface area contributed by atoms with E-state index in [-0.39, 0.29) is 0 Å². The van der Waals surface area contributed by atoms with Crippen LogP contribution in [-0.4, -0.2) is 23.5 Å². The van der Waals surface area contributed by atoms with E-state index in [2.05, 4.69) is 177 Å². The fourth-order valence-electron chi connectivity index (χ4n) is 8.80. The molecule has 0 atom stereocenters. The Morgan fingerprint density at radius 2 is 0.941 bits per heavy atom. The van der Waals surface area contributed by atoms with E-state index in [1.807, 2.05) is 0 Å². The summed E-state index contributed by atoms with van der Waals surface area (Å²) in [6.45, 7) is 0. The van der Waals surface area contributed by atoms with Crippen LogP contribution in [-0.2, 0) is 0 Å². The molecule has 0 saturated heterocycles. The molecular formula is C46H27N5. The van der Waals surface area contributed by atoms with Crippen molar-refractivity contribution in [2.24, 2.45) is 0 Å². The molecule has 0 radical (unpaired) electrons. The Labute approximate surface area is 291 Å². The van der Waals surface area contributed by atoms with Crippen LogP contribution in [0, 0.1) is 0 Å². The van der Waals surface area contributed by atoms with Gasteiger partial charge in [0.2, 0.25) is 5.95 Å². The Balaban J connectivity index is 1.23. The number of hydrogen-bond acceptors (Lipinski definition) is 2. The normalized spacial score (nSPS) is 12.3. The molecule has 6 heterocycles. The molecule has 236 valence electrons. The molecule has 0 bridgehead atoms. The molecule has 0 unspecified atom stereocenters. The molecule has 5 heteroatoms. The second-order valence-corrected chi connectivity index (χ2v) is 13.4. The van der Waals surface area contributed by atoms with E-state index >= 15 is 0 Å². The van der Waals surface area contributed by atoms with Crippen LogP contribution >= 0.6 is 0 Å². The van der Waals surface area contributed by atoms with Gasteiger partial charge in [-0.3, -0.25) is 4.57 Å². The van der Waals surface area contributed by atoms with Crippen LogP contribution in [0.3, 0.4) is 0 Å². The second-order valence-electron chi connectivity index (χ2n) is 13.4. The Kier molecular flexibility index (Phi) is 5.17. The molecule has 51 heavy (non-hydrogen) atoms. The van der Waals surface area contributed by atoms with Crippen LogP contribution in [0.5, 0.6) is 0 Å². The van der Waals surface area contributed by atoms with Crippen LogP contribution in [0.4, 0.5) is 0 Å². The lowest BCUT2D eigenvalue weighted by molar-refractivity contribution is 1.02. The zero-order valence-corrected chi connectivity index (χ0v) is 27.3. The summed E-state index contributed by atoms with van der Waals surface area (Å²) in [5.41, 5.74) is 12.2. The van der Waals surface area contributed by atoms with E-state index in [0.29, 0.717) is 5.95 Å². The van der Waals surface area contributed by atoms with Gasteiger partial charge in [0.05, 0.1) is 49.8 Å². The molecular weight excluding hydrogens is 623 g/mol. The van der Waals surface area contributed by atoms with Crippen LogP contribution in [0.25, 0.3) is 105 Å². The summed E-state index contributed by atoms with van der Waals surface area (Å²) in [6.07, 6.45) is 0. The van der Waals surface area contributed by atoms with Crippen LogP contribution in [0.1, 0.15) is 0 Å². The first-order valence-electron chi connectivity index (χ1n) is 17.4. The van der Waals surface area contributed by atoms with Crippen molar-refractivity contribution in [1.29, 1.82) is 0 Å². The van der Waals surface area contributed by atoms with E-state index < -0.39 is 0 Å². The van der Waals surface area contributed by atoms with Gasteiger partial charge in [-0.1, -0.05) is 115 Å². The fraction of sp³-hybridized carbons (Fsp3) is 0. The first-order chi connectivity index (χ1) is 25.3. The zero-order valence-electron chi connectivity index (χ0n) is 27.3. The van der Waals surface area contributed by atoms with Crippen molar-refractivity contribution >= 4 is 81.8 Å². The topological polar surface area (TPSA) is 40.0 Å². The lowest BCUT2D eigenvalue weighted by Crippen LogP contribution is -2.04. The Bertz CT molecular complexity index is 3360. The molecule has 12 rings (SSSR count). The lowest BCUT2D eigenvalue weighted by atomic mass is 10.0. The van der Waals surface area contributed by atoms with Crippen molar-refractivity contribution in [3.8, 4) is 22.9 Å². The molecule has 0 amide bonds. The maximum absolute atomic E-state index is 5.59. The molecule has 0 N–H and O–H groups in total. The number of benzene rings is 6. The molecule has 6 aromatic heterocycles. The van der Waals surface area contributed by atoms with E-state index in [1.165, 1.54) is 48.9 Å². The molecule has 6 aromatic carbocycles. The summed E-state index contributed by atoms with van der Waals surface area (Å²) in [6, 6.07) is 58.4. The summed E-state index contributed by atoms with van der Waals surface area (Å²) in [5, 5.41) is 8.35. The Morgan fingerprint density at radius 1 is 0.353 bits per heavy atom. The van der Waals surface area contributed by atoms with Crippen LogP contribution in [0.15, 0.2) is 164 Å². The van der Waals surface area contributed by atoms with Crippen molar-refractivity contribution in [2.75, 3.05) is 0 Å². The summed E-state index contributed by atoms with van der Waals surface area (Å²) in [7, 11) is 0. The molecule has 0 aliphatic rings. The molecule has 5 nitrogen and oxygen atoms in total. The monoisotopic (exact) mass is 649 g/mol. The smallest absolute Gasteiger partial charge is 0.235 e. The third kappa shape index (κ3) is 3.44. The molecule has 12 aromatic rings. The highest BCUT2D eigenvalue weighted by molar-refractivity contribution is 6.30. The molecule has 0 aliphatic carbocycles. The molecule has 0 spiro atoms. The van der Waals surface area contributed by atoms with Gasteiger partial charge in [-0.25, -0.2) is 9.97 Å². The third-order valence-electron chi connectivity index (χ3n) is 10.8. The average molecular weight is 650 g/mol. The maximum Gasteiger partial charge on any atom is 0.235 e. The molecule has 0 fully saturated rings. The highest BCUT2D eigenvalue weighted by atomic mass is 15.2. The lowest BCUT2D eigenvalue weighted by Gasteiger charge is -2.13. The minimum atomic E-state index is 0.664. The predicted octanol–water partition coefficient (Wildman–Crippen LogP) is 11.5. The number of pyridine rings is 1.